The summed E-state index contributed by atoms with van der Waals surface area (Å²) in [6, 6.07) is 12.1. The summed E-state index contributed by atoms with van der Waals surface area (Å²) in [5.74, 6) is 0.916. The topological polar surface area (TPSA) is 105 Å². The number of nitrogens with one attached hydrogen (secondary N) is 1. The minimum absolute atomic E-state index is 0.135. The Balaban J connectivity index is 1.45. The first-order chi connectivity index (χ1) is 16.0. The fourth-order valence-electron chi connectivity index (χ4n) is 3.48. The lowest BCUT2D eigenvalue weighted by Gasteiger charge is -2.15. The lowest BCUT2D eigenvalue weighted by Crippen LogP contribution is -2.32. The fourth-order valence-corrected chi connectivity index (χ4v) is 3.48. The van der Waals surface area contributed by atoms with Crippen molar-refractivity contribution in [1.29, 1.82) is 0 Å². The highest BCUT2D eigenvalue weighted by molar-refractivity contribution is 5.88. The molecule has 1 N–H and O–H groups in total. The number of fused-ring (bicyclic) bond motifs is 2. The van der Waals surface area contributed by atoms with Crippen LogP contribution in [0.5, 0.6) is 17.2 Å². The van der Waals surface area contributed by atoms with Crippen molar-refractivity contribution in [2.45, 2.75) is 33.0 Å². The maximum Gasteiger partial charge on any atom is 0.347 e. The van der Waals surface area contributed by atoms with Crippen LogP contribution >= 0.6 is 0 Å². The summed E-state index contributed by atoms with van der Waals surface area (Å²) in [5, 5.41) is 3.74. The van der Waals surface area contributed by atoms with E-state index in [1.54, 1.807) is 44.2 Å². The number of hydrogen-bond donors (Lipinski definition) is 1. The fraction of sp³-hybridized carbons (Fsp3) is 0.292. The summed E-state index contributed by atoms with van der Waals surface area (Å²) in [4.78, 5) is 37.3. The van der Waals surface area contributed by atoms with Crippen LogP contribution in [0.1, 0.15) is 19.4 Å². The van der Waals surface area contributed by atoms with Gasteiger partial charge in [0.2, 0.25) is 12.7 Å². The maximum atomic E-state index is 12.9. The Morgan fingerprint density at radius 1 is 1.12 bits per heavy atom. The number of amides is 1. The van der Waals surface area contributed by atoms with Crippen molar-refractivity contribution in [3.8, 4) is 17.2 Å². The van der Waals surface area contributed by atoms with Crippen LogP contribution in [0.2, 0.25) is 0 Å². The number of rotatable bonds is 8. The molecule has 0 aliphatic carbocycles. The zero-order valence-corrected chi connectivity index (χ0v) is 18.3. The van der Waals surface area contributed by atoms with Crippen molar-refractivity contribution in [2.24, 2.45) is 0 Å². The molecule has 0 saturated carbocycles. The summed E-state index contributed by atoms with van der Waals surface area (Å²) in [6.45, 7) is 3.90. The van der Waals surface area contributed by atoms with E-state index >= 15 is 0 Å². The number of pyridine rings is 1. The Morgan fingerprint density at radius 3 is 2.76 bits per heavy atom. The molecule has 3 aromatic rings. The van der Waals surface area contributed by atoms with Crippen LogP contribution in [0.4, 0.5) is 0 Å². The molecule has 1 aliphatic rings. The second-order valence-corrected chi connectivity index (χ2v) is 7.44. The molecule has 172 valence electrons. The van der Waals surface area contributed by atoms with Crippen molar-refractivity contribution >= 4 is 22.6 Å². The third kappa shape index (κ3) is 4.92. The van der Waals surface area contributed by atoms with Crippen molar-refractivity contribution in [1.82, 2.24) is 9.88 Å². The van der Waals surface area contributed by atoms with Gasteiger partial charge in [0.15, 0.2) is 17.6 Å². The number of benzene rings is 2. The Labute approximate surface area is 189 Å². The molecule has 0 fully saturated rings. The van der Waals surface area contributed by atoms with Gasteiger partial charge < -0.3 is 28.8 Å². The third-order valence-corrected chi connectivity index (χ3v) is 5.14. The first-order valence-electron chi connectivity index (χ1n) is 10.6. The van der Waals surface area contributed by atoms with Crippen LogP contribution in [0.3, 0.4) is 0 Å². The molecule has 1 aromatic heterocycles. The predicted molar refractivity (Wildman–Crippen MR) is 119 cm³/mol. The minimum atomic E-state index is -0.820. The number of carbonyl (C=O) groups excluding carboxylic acids is 2. The second-order valence-electron chi connectivity index (χ2n) is 7.44. The summed E-state index contributed by atoms with van der Waals surface area (Å²) in [6.07, 6.45) is 0.715. The molecule has 4 rings (SSSR count). The summed E-state index contributed by atoms with van der Waals surface area (Å²) in [5.41, 5.74) is 0.524. The van der Waals surface area contributed by atoms with Crippen molar-refractivity contribution < 1.29 is 28.5 Å². The van der Waals surface area contributed by atoms with E-state index < -0.39 is 12.1 Å². The van der Waals surface area contributed by atoms with E-state index in [4.69, 9.17) is 18.9 Å². The smallest absolute Gasteiger partial charge is 0.347 e. The van der Waals surface area contributed by atoms with Gasteiger partial charge in [0.05, 0.1) is 12.0 Å². The predicted octanol–water partition coefficient (Wildman–Crippen LogP) is 2.38. The molecular weight excluding hydrogens is 428 g/mol. The van der Waals surface area contributed by atoms with Gasteiger partial charge in [0.25, 0.3) is 5.56 Å². The molecule has 0 unspecified atom stereocenters. The van der Waals surface area contributed by atoms with Crippen molar-refractivity contribution in [3.05, 3.63) is 64.6 Å². The van der Waals surface area contributed by atoms with Crippen LogP contribution < -0.4 is 25.1 Å². The molecule has 9 nitrogen and oxygen atoms in total. The maximum absolute atomic E-state index is 12.9. The van der Waals surface area contributed by atoms with Gasteiger partial charge in [0, 0.05) is 18.1 Å². The van der Waals surface area contributed by atoms with Crippen LogP contribution in [0.15, 0.2) is 53.5 Å². The van der Waals surface area contributed by atoms with Crippen molar-refractivity contribution in [3.63, 3.8) is 0 Å². The molecule has 0 bridgehead atoms. The van der Waals surface area contributed by atoms with Gasteiger partial charge in [-0.1, -0.05) is 12.1 Å². The number of carbonyl (C=O) groups is 2. The lowest BCUT2D eigenvalue weighted by molar-refractivity contribution is -0.150. The molecule has 1 amide bonds. The molecule has 33 heavy (non-hydrogen) atoms. The standard InChI is InChI=1S/C24H24N2O7/c1-3-30-24(29)15(2)33-19-6-4-5-18-17(19)9-10-26(23(18)28)13-22(27)25-12-16-7-8-20-21(11-16)32-14-31-20/h4-11,15H,3,12-14H2,1-2H3,(H,25,27)/t15-/m1/s1. The molecule has 1 atom stereocenters. The van der Waals surface area contributed by atoms with E-state index in [1.165, 1.54) is 10.8 Å². The molecule has 1 aliphatic heterocycles. The van der Waals surface area contributed by atoms with Crippen molar-refractivity contribution in [2.75, 3.05) is 13.4 Å². The number of hydrogen-bond acceptors (Lipinski definition) is 7. The SMILES string of the molecule is CCOC(=O)[C@@H](C)Oc1cccc2c(=O)n(CC(=O)NCc3ccc4c(c3)OCO4)ccc12. The highest BCUT2D eigenvalue weighted by Gasteiger charge is 2.18. The third-order valence-electron chi connectivity index (χ3n) is 5.14. The van der Waals surface area contributed by atoms with Gasteiger partial charge in [-0.15, -0.1) is 0 Å². The molecule has 2 aromatic carbocycles. The Kier molecular flexibility index (Phi) is 6.48. The summed E-state index contributed by atoms with van der Waals surface area (Å²) < 4.78 is 22.6. The average Bonchev–Trinajstić information content (AvgIpc) is 3.28. The molecule has 0 spiro atoms. The van der Waals surface area contributed by atoms with E-state index in [-0.39, 0.29) is 31.4 Å². The normalized spacial score (nSPS) is 12.9. The van der Waals surface area contributed by atoms with Gasteiger partial charge in [-0.3, -0.25) is 9.59 Å². The van der Waals surface area contributed by atoms with Crippen LogP contribution in [-0.2, 0) is 27.4 Å². The highest BCUT2D eigenvalue weighted by atomic mass is 16.7. The zero-order chi connectivity index (χ0) is 23.4. The number of esters is 1. The van der Waals surface area contributed by atoms with E-state index in [9.17, 15) is 14.4 Å². The van der Waals surface area contributed by atoms with E-state index in [0.29, 0.717) is 34.6 Å². The molecule has 0 saturated heterocycles. The van der Waals surface area contributed by atoms with E-state index in [0.717, 1.165) is 5.56 Å². The van der Waals surface area contributed by atoms with Gasteiger partial charge >= 0.3 is 5.97 Å². The number of aromatic nitrogens is 1. The van der Waals surface area contributed by atoms with E-state index in [2.05, 4.69) is 5.32 Å². The molecule has 9 heteroatoms. The average molecular weight is 452 g/mol. The van der Waals surface area contributed by atoms with Crippen LogP contribution in [0.25, 0.3) is 10.8 Å². The highest BCUT2D eigenvalue weighted by Crippen LogP contribution is 2.32. The largest absolute Gasteiger partial charge is 0.478 e. The quantitative estimate of drug-likeness (QED) is 0.523. The van der Waals surface area contributed by atoms with Gasteiger partial charge in [-0.25, -0.2) is 4.79 Å². The Bertz CT molecular complexity index is 1250. The van der Waals surface area contributed by atoms with Gasteiger partial charge in [0.1, 0.15) is 12.3 Å². The monoisotopic (exact) mass is 452 g/mol. The Hall–Kier alpha value is -4.01. The van der Waals surface area contributed by atoms with E-state index in [1.807, 2.05) is 12.1 Å². The first kappa shape index (κ1) is 22.2. The lowest BCUT2D eigenvalue weighted by atomic mass is 10.1. The Morgan fingerprint density at radius 2 is 1.94 bits per heavy atom. The summed E-state index contributed by atoms with van der Waals surface area (Å²) in [7, 11) is 0. The minimum Gasteiger partial charge on any atom is -0.478 e. The van der Waals surface area contributed by atoms with Crippen LogP contribution in [-0.4, -0.2) is 35.9 Å². The van der Waals surface area contributed by atoms with Gasteiger partial charge in [-0.2, -0.15) is 0 Å². The molecule has 2 heterocycles. The number of nitrogens with zero attached hydrogens (tertiary/aromatic N) is 1. The summed E-state index contributed by atoms with van der Waals surface area (Å²) >= 11 is 0. The first-order valence-corrected chi connectivity index (χ1v) is 10.6. The zero-order valence-electron chi connectivity index (χ0n) is 18.3. The molecular formula is C24H24N2O7. The van der Waals surface area contributed by atoms with Gasteiger partial charge in [-0.05, 0) is 49.7 Å². The second kappa shape index (κ2) is 9.64. The molecule has 0 radical (unpaired) electrons. The number of ether oxygens (including phenoxy) is 4. The van der Waals surface area contributed by atoms with Crippen LogP contribution in [0, 0.1) is 0 Å².